The normalized spacial score (nSPS) is 27.1. The van der Waals surface area contributed by atoms with Crippen LogP contribution in [0.5, 0.6) is 0 Å². The number of amides is 1. The van der Waals surface area contributed by atoms with Crippen molar-refractivity contribution in [1.82, 2.24) is 14.9 Å². The van der Waals surface area contributed by atoms with Crippen LogP contribution in [-0.2, 0) is 0 Å². The number of hydrogen-bond donors (Lipinski definition) is 0. The molecule has 0 aromatic carbocycles. The number of aromatic nitrogens is 2. The summed E-state index contributed by atoms with van der Waals surface area (Å²) in [7, 11) is 0. The second kappa shape index (κ2) is 4.84. The maximum atomic E-state index is 12.3. The third-order valence-corrected chi connectivity index (χ3v) is 4.14. The van der Waals surface area contributed by atoms with Crippen molar-refractivity contribution in [3.63, 3.8) is 0 Å². The molecule has 2 fully saturated rings. The molecule has 1 saturated carbocycles. The first-order valence-corrected chi connectivity index (χ1v) is 6.87. The van der Waals surface area contributed by atoms with Crippen LogP contribution < -0.4 is 0 Å². The molecule has 18 heavy (non-hydrogen) atoms. The maximum absolute atomic E-state index is 12.3. The van der Waals surface area contributed by atoms with Crippen LogP contribution in [0.2, 0.25) is 5.15 Å². The predicted molar refractivity (Wildman–Crippen MR) is 68.4 cm³/mol. The zero-order chi connectivity index (χ0) is 12.5. The van der Waals surface area contributed by atoms with Crippen LogP contribution in [0.25, 0.3) is 0 Å². The molecule has 1 aromatic rings. The minimum absolute atomic E-state index is 0.0263. The summed E-state index contributed by atoms with van der Waals surface area (Å²) in [5, 5.41) is 0.276. The number of fused-ring (bicyclic) bond motifs is 2. The minimum Gasteiger partial charge on any atom is -0.337 e. The summed E-state index contributed by atoms with van der Waals surface area (Å²) in [5.74, 6) is 1.32. The van der Waals surface area contributed by atoms with Crippen LogP contribution in [0.4, 0.5) is 0 Å². The van der Waals surface area contributed by atoms with Gasteiger partial charge in [0.1, 0.15) is 10.8 Å². The van der Waals surface area contributed by atoms with E-state index in [1.807, 2.05) is 4.90 Å². The molecule has 1 aliphatic carbocycles. The van der Waals surface area contributed by atoms with Crippen LogP contribution in [-0.4, -0.2) is 33.9 Å². The van der Waals surface area contributed by atoms with Crippen molar-refractivity contribution >= 4 is 17.5 Å². The summed E-state index contributed by atoms with van der Waals surface area (Å²) in [6.45, 7) is 1.73. The number of carbonyl (C=O) groups is 1. The van der Waals surface area contributed by atoms with Gasteiger partial charge in [-0.3, -0.25) is 9.78 Å². The molecule has 1 aromatic heterocycles. The Kier molecular flexibility index (Phi) is 3.20. The van der Waals surface area contributed by atoms with E-state index in [0.29, 0.717) is 17.5 Å². The van der Waals surface area contributed by atoms with E-state index < -0.39 is 0 Å². The van der Waals surface area contributed by atoms with Crippen LogP contribution in [0.3, 0.4) is 0 Å². The van der Waals surface area contributed by atoms with Crippen molar-refractivity contribution in [3.8, 4) is 0 Å². The molecule has 0 spiro atoms. The molecule has 2 atom stereocenters. The average molecular weight is 266 g/mol. The van der Waals surface area contributed by atoms with Gasteiger partial charge in [0, 0.05) is 13.1 Å². The molecule has 4 nitrogen and oxygen atoms in total. The van der Waals surface area contributed by atoms with E-state index in [1.165, 1.54) is 38.1 Å². The fourth-order valence-corrected chi connectivity index (χ4v) is 3.35. The summed E-state index contributed by atoms with van der Waals surface area (Å²) in [6.07, 6.45) is 8.05. The van der Waals surface area contributed by atoms with E-state index >= 15 is 0 Å². The molecule has 96 valence electrons. The summed E-state index contributed by atoms with van der Waals surface area (Å²) in [4.78, 5) is 22.3. The molecule has 1 amide bonds. The number of piperidine rings is 1. The zero-order valence-electron chi connectivity index (χ0n) is 10.2. The van der Waals surface area contributed by atoms with E-state index in [-0.39, 0.29) is 11.1 Å². The third-order valence-electron chi connectivity index (χ3n) is 3.96. The number of halogens is 1. The van der Waals surface area contributed by atoms with Gasteiger partial charge < -0.3 is 4.90 Å². The molecule has 2 heterocycles. The van der Waals surface area contributed by atoms with Crippen LogP contribution in [0.1, 0.15) is 36.2 Å². The SMILES string of the molecule is O=C(c1cncc(Cl)n1)N1CC2CCCC(C2)C1. The molecule has 5 heteroatoms. The minimum atomic E-state index is -0.0263. The Bertz CT molecular complexity index is 453. The van der Waals surface area contributed by atoms with Crippen LogP contribution >= 0.6 is 11.6 Å². The molecule has 0 N–H and O–H groups in total. The number of carbonyl (C=O) groups excluding carboxylic acids is 1. The number of likely N-dealkylation sites (tertiary alicyclic amines) is 1. The van der Waals surface area contributed by atoms with Gasteiger partial charge in [-0.1, -0.05) is 18.0 Å². The van der Waals surface area contributed by atoms with Gasteiger partial charge >= 0.3 is 0 Å². The molecule has 1 saturated heterocycles. The van der Waals surface area contributed by atoms with Crippen molar-refractivity contribution in [1.29, 1.82) is 0 Å². The first kappa shape index (κ1) is 11.9. The molecule has 0 radical (unpaired) electrons. The first-order valence-electron chi connectivity index (χ1n) is 6.49. The molecule has 2 unspecified atom stereocenters. The van der Waals surface area contributed by atoms with Crippen molar-refractivity contribution in [2.45, 2.75) is 25.7 Å². The van der Waals surface area contributed by atoms with Gasteiger partial charge in [0.05, 0.1) is 12.4 Å². The van der Waals surface area contributed by atoms with Gasteiger partial charge in [0.2, 0.25) is 0 Å². The maximum Gasteiger partial charge on any atom is 0.274 e. The third kappa shape index (κ3) is 2.34. The topological polar surface area (TPSA) is 46.1 Å². The van der Waals surface area contributed by atoms with Gasteiger partial charge in [-0.15, -0.1) is 0 Å². The lowest BCUT2D eigenvalue weighted by atomic mass is 9.78. The lowest BCUT2D eigenvalue weighted by Gasteiger charge is -2.41. The van der Waals surface area contributed by atoms with Crippen LogP contribution in [0.15, 0.2) is 12.4 Å². The second-order valence-electron chi connectivity index (χ2n) is 5.34. The Morgan fingerprint density at radius 3 is 2.67 bits per heavy atom. The van der Waals surface area contributed by atoms with Gasteiger partial charge in [0.25, 0.3) is 5.91 Å². The first-order chi connectivity index (χ1) is 8.72. The van der Waals surface area contributed by atoms with E-state index in [2.05, 4.69) is 9.97 Å². The Morgan fingerprint density at radius 1 is 1.28 bits per heavy atom. The Labute approximate surface area is 111 Å². The summed E-state index contributed by atoms with van der Waals surface area (Å²) < 4.78 is 0. The lowest BCUT2D eigenvalue weighted by Crippen LogP contribution is -2.45. The molecular formula is C13H16ClN3O. The van der Waals surface area contributed by atoms with Gasteiger partial charge in [-0.05, 0) is 31.1 Å². The van der Waals surface area contributed by atoms with E-state index in [0.717, 1.165) is 13.1 Å². The number of nitrogens with zero attached hydrogens (tertiary/aromatic N) is 3. The van der Waals surface area contributed by atoms with Gasteiger partial charge in [0.15, 0.2) is 0 Å². The van der Waals surface area contributed by atoms with Gasteiger partial charge in [-0.25, -0.2) is 4.98 Å². The molecule has 3 rings (SSSR count). The Morgan fingerprint density at radius 2 is 2.00 bits per heavy atom. The highest BCUT2D eigenvalue weighted by Gasteiger charge is 2.33. The highest BCUT2D eigenvalue weighted by molar-refractivity contribution is 6.29. The zero-order valence-corrected chi connectivity index (χ0v) is 10.9. The molecular weight excluding hydrogens is 250 g/mol. The summed E-state index contributed by atoms with van der Waals surface area (Å²) in [5.41, 5.74) is 0.363. The number of rotatable bonds is 1. The molecule has 1 aliphatic heterocycles. The average Bonchev–Trinajstić information content (AvgIpc) is 2.37. The monoisotopic (exact) mass is 265 g/mol. The number of hydrogen-bond acceptors (Lipinski definition) is 3. The quantitative estimate of drug-likeness (QED) is 0.783. The lowest BCUT2D eigenvalue weighted by molar-refractivity contribution is 0.0498. The largest absolute Gasteiger partial charge is 0.337 e. The smallest absolute Gasteiger partial charge is 0.274 e. The van der Waals surface area contributed by atoms with E-state index in [9.17, 15) is 4.79 Å². The standard InChI is InChI=1S/C13H16ClN3O/c14-12-6-15-5-11(16-12)13(18)17-7-9-2-1-3-10(4-9)8-17/h5-6,9-10H,1-4,7-8H2. The van der Waals surface area contributed by atoms with Crippen LogP contribution in [0, 0.1) is 11.8 Å². The van der Waals surface area contributed by atoms with Crippen molar-refractivity contribution < 1.29 is 4.79 Å². The van der Waals surface area contributed by atoms with Crippen molar-refractivity contribution in [2.24, 2.45) is 11.8 Å². The Hall–Kier alpha value is -1.16. The summed E-state index contributed by atoms with van der Waals surface area (Å²) >= 11 is 5.78. The molecule has 2 aliphatic rings. The molecule has 2 bridgehead atoms. The van der Waals surface area contributed by atoms with Crippen molar-refractivity contribution in [3.05, 3.63) is 23.2 Å². The summed E-state index contributed by atoms with van der Waals surface area (Å²) in [6, 6.07) is 0. The fourth-order valence-electron chi connectivity index (χ4n) is 3.20. The Balaban J connectivity index is 1.76. The van der Waals surface area contributed by atoms with E-state index in [4.69, 9.17) is 11.6 Å². The highest BCUT2D eigenvalue weighted by Crippen LogP contribution is 2.34. The van der Waals surface area contributed by atoms with Gasteiger partial charge in [-0.2, -0.15) is 0 Å². The van der Waals surface area contributed by atoms with E-state index in [1.54, 1.807) is 0 Å². The highest BCUT2D eigenvalue weighted by atomic mass is 35.5. The predicted octanol–water partition coefficient (Wildman–Crippen LogP) is 2.39. The second-order valence-corrected chi connectivity index (χ2v) is 5.72. The fraction of sp³-hybridized carbons (Fsp3) is 0.615. The van der Waals surface area contributed by atoms with Crippen molar-refractivity contribution in [2.75, 3.05) is 13.1 Å².